The van der Waals surface area contributed by atoms with Gasteiger partial charge in [-0.15, -0.1) is 10.2 Å². The Morgan fingerprint density at radius 1 is 1.00 bits per heavy atom. The predicted molar refractivity (Wildman–Crippen MR) is 131 cm³/mol. The summed E-state index contributed by atoms with van der Waals surface area (Å²) < 4.78 is 21.9. The summed E-state index contributed by atoms with van der Waals surface area (Å²) in [7, 11) is 0. The van der Waals surface area contributed by atoms with Crippen molar-refractivity contribution in [3.8, 4) is 11.1 Å². The number of hydrogen-bond acceptors (Lipinski definition) is 6. The first-order chi connectivity index (χ1) is 16.4. The van der Waals surface area contributed by atoms with Gasteiger partial charge in [0.1, 0.15) is 0 Å². The summed E-state index contributed by atoms with van der Waals surface area (Å²) in [5, 5.41) is 13.2. The van der Waals surface area contributed by atoms with E-state index in [9.17, 15) is 13.6 Å². The van der Waals surface area contributed by atoms with Crippen molar-refractivity contribution in [1.82, 2.24) is 10.2 Å². The zero-order valence-electron chi connectivity index (χ0n) is 18.8. The molecule has 0 radical (unpaired) electrons. The molecule has 0 saturated heterocycles. The van der Waals surface area contributed by atoms with Gasteiger partial charge in [0.05, 0.1) is 11.2 Å². The van der Waals surface area contributed by atoms with E-state index in [1.54, 1.807) is 0 Å². The molecule has 2 aromatic carbocycles. The second-order valence-electron chi connectivity index (χ2n) is 10.5. The minimum absolute atomic E-state index is 0.00127. The third-order valence-corrected chi connectivity index (χ3v) is 8.56. The van der Waals surface area contributed by atoms with E-state index in [0.717, 1.165) is 59.1 Å². The Labute approximate surface area is 200 Å². The van der Waals surface area contributed by atoms with Crippen LogP contribution in [0.25, 0.3) is 22.0 Å². The fourth-order valence-corrected chi connectivity index (χ4v) is 7.51. The second kappa shape index (κ2) is 8.13. The lowest BCUT2D eigenvalue weighted by atomic mass is 9.53. The molecular formula is C26H27N4O3S-. The quantitative estimate of drug-likeness (QED) is 0.517. The maximum Gasteiger partial charge on any atom is 0.271 e. The van der Waals surface area contributed by atoms with Gasteiger partial charge in [-0.25, -0.2) is 0 Å². The molecule has 1 heterocycles. The van der Waals surface area contributed by atoms with Crippen molar-refractivity contribution in [2.45, 2.75) is 49.8 Å². The first kappa shape index (κ1) is 21.7. The lowest BCUT2D eigenvalue weighted by molar-refractivity contribution is 0.0107. The maximum atomic E-state index is 12.3. The number of benzene rings is 2. The molecule has 4 aliphatic rings. The Morgan fingerprint density at radius 2 is 1.62 bits per heavy atom. The molecule has 4 bridgehead atoms. The highest BCUT2D eigenvalue weighted by atomic mass is 32.2. The van der Waals surface area contributed by atoms with Crippen molar-refractivity contribution in [2.75, 3.05) is 5.32 Å². The van der Waals surface area contributed by atoms with Gasteiger partial charge >= 0.3 is 0 Å². The Kier molecular flexibility index (Phi) is 5.18. The van der Waals surface area contributed by atoms with E-state index in [1.165, 1.54) is 19.3 Å². The Morgan fingerprint density at radius 3 is 2.21 bits per heavy atom. The largest absolute Gasteiger partial charge is 0.772 e. The van der Waals surface area contributed by atoms with E-state index in [0.29, 0.717) is 11.2 Å². The van der Waals surface area contributed by atoms with E-state index in [-0.39, 0.29) is 17.0 Å². The lowest BCUT2D eigenvalue weighted by Gasteiger charge is -2.57. The van der Waals surface area contributed by atoms with Gasteiger partial charge in [-0.3, -0.25) is 9.00 Å². The van der Waals surface area contributed by atoms with Gasteiger partial charge in [-0.05, 0) is 85.1 Å². The number of amides is 1. The van der Waals surface area contributed by atoms with Gasteiger partial charge in [0, 0.05) is 16.7 Å². The highest BCUT2D eigenvalue weighted by Gasteiger charge is 2.51. The molecule has 0 spiro atoms. The molecule has 1 unspecified atom stereocenters. The number of rotatable bonds is 6. The third-order valence-electron chi connectivity index (χ3n) is 8.00. The first-order valence-corrected chi connectivity index (χ1v) is 13.2. The monoisotopic (exact) mass is 475 g/mol. The molecular weight excluding hydrogens is 448 g/mol. The van der Waals surface area contributed by atoms with Gasteiger partial charge in [0.15, 0.2) is 5.69 Å². The molecule has 4 aliphatic carbocycles. The van der Waals surface area contributed by atoms with Crippen LogP contribution in [0.4, 0.5) is 5.69 Å². The van der Waals surface area contributed by atoms with Crippen LogP contribution in [0.2, 0.25) is 0 Å². The predicted octanol–water partition coefficient (Wildman–Crippen LogP) is 4.16. The molecule has 1 amide bonds. The summed E-state index contributed by atoms with van der Waals surface area (Å²) in [6.45, 7) is 0. The van der Waals surface area contributed by atoms with Crippen LogP contribution in [0, 0.1) is 17.8 Å². The van der Waals surface area contributed by atoms with Gasteiger partial charge in [0.2, 0.25) is 0 Å². The highest BCUT2D eigenvalue weighted by molar-refractivity contribution is 7.78. The van der Waals surface area contributed by atoms with E-state index in [1.807, 2.05) is 42.5 Å². The summed E-state index contributed by atoms with van der Waals surface area (Å²) in [5.41, 5.74) is 9.97. The second-order valence-corrected chi connectivity index (χ2v) is 11.4. The number of fused-ring (bicyclic) bond motifs is 1. The molecule has 4 fully saturated rings. The average Bonchev–Trinajstić information content (AvgIpc) is 2.77. The number of carbonyl (C=O) groups is 1. The van der Waals surface area contributed by atoms with E-state index in [4.69, 9.17) is 5.73 Å². The van der Waals surface area contributed by atoms with Crippen LogP contribution < -0.4 is 11.1 Å². The van der Waals surface area contributed by atoms with E-state index < -0.39 is 17.0 Å². The fraction of sp³-hybridized carbons (Fsp3) is 0.423. The lowest BCUT2D eigenvalue weighted by Crippen LogP contribution is -2.55. The van der Waals surface area contributed by atoms with E-state index >= 15 is 0 Å². The highest BCUT2D eigenvalue weighted by Crippen LogP contribution is 2.57. The minimum Gasteiger partial charge on any atom is -0.772 e. The van der Waals surface area contributed by atoms with Crippen molar-refractivity contribution >= 4 is 33.6 Å². The van der Waals surface area contributed by atoms with Crippen LogP contribution in [0.5, 0.6) is 0 Å². The van der Waals surface area contributed by atoms with Crippen LogP contribution in [0.3, 0.4) is 0 Å². The molecule has 7 nitrogen and oxygen atoms in total. The summed E-state index contributed by atoms with van der Waals surface area (Å²) in [5.74, 6) is 1.73. The Balaban J connectivity index is 1.37. The summed E-state index contributed by atoms with van der Waals surface area (Å²) in [4.78, 5) is 12.3. The Bertz CT molecular complexity index is 1270. The molecule has 3 aromatic rings. The normalized spacial score (nSPS) is 28.2. The van der Waals surface area contributed by atoms with Crippen molar-refractivity contribution in [3.05, 3.63) is 53.7 Å². The summed E-state index contributed by atoms with van der Waals surface area (Å²) >= 11 is -2.11. The van der Waals surface area contributed by atoms with Crippen molar-refractivity contribution in [2.24, 2.45) is 23.5 Å². The minimum atomic E-state index is -2.11. The van der Waals surface area contributed by atoms with Crippen LogP contribution >= 0.6 is 0 Å². The molecule has 1 aromatic heterocycles. The Hall–Kier alpha value is -2.84. The van der Waals surface area contributed by atoms with Gasteiger partial charge in [-0.1, -0.05) is 41.4 Å². The zero-order valence-corrected chi connectivity index (χ0v) is 19.6. The van der Waals surface area contributed by atoms with Crippen LogP contribution in [0.15, 0.2) is 42.5 Å². The van der Waals surface area contributed by atoms with Crippen LogP contribution in [0.1, 0.15) is 54.6 Å². The number of nitrogens with zero attached hydrogens (tertiary/aromatic N) is 2. The third kappa shape index (κ3) is 3.88. The van der Waals surface area contributed by atoms with Crippen LogP contribution in [-0.2, 0) is 16.8 Å². The number of primary amides is 1. The standard InChI is InChI=1S/C26H28N4O3S/c27-25(31)24-23(28-26-11-16-7-17(12-26)9-18(8-16)13-26)21-6-5-20(10-22(21)29-30-24)19-3-1-15(2-4-19)14-34(32)33/h1-6,10,16-18H,7-9,11-14H2,(H2,27,31)(H,28,29)(H,32,33)/p-1. The molecule has 3 N–H and O–H groups in total. The molecule has 0 aliphatic heterocycles. The molecule has 34 heavy (non-hydrogen) atoms. The maximum absolute atomic E-state index is 12.3. The number of anilines is 1. The number of nitrogens with two attached hydrogens (primary N) is 1. The van der Waals surface area contributed by atoms with Crippen molar-refractivity contribution in [1.29, 1.82) is 0 Å². The molecule has 8 heteroatoms. The molecule has 176 valence electrons. The molecule has 4 saturated carbocycles. The van der Waals surface area contributed by atoms with Crippen LogP contribution in [-0.4, -0.2) is 30.4 Å². The molecule has 1 atom stereocenters. The number of aromatic nitrogens is 2. The van der Waals surface area contributed by atoms with Crippen molar-refractivity contribution < 1.29 is 13.6 Å². The van der Waals surface area contributed by atoms with E-state index in [2.05, 4.69) is 15.5 Å². The first-order valence-electron chi connectivity index (χ1n) is 11.9. The molecule has 7 rings (SSSR count). The van der Waals surface area contributed by atoms with Gasteiger partial charge in [-0.2, -0.15) is 0 Å². The average molecular weight is 476 g/mol. The fourth-order valence-electron chi connectivity index (χ4n) is 7.04. The van der Waals surface area contributed by atoms with Gasteiger partial charge in [0.25, 0.3) is 5.91 Å². The van der Waals surface area contributed by atoms with Crippen molar-refractivity contribution in [3.63, 3.8) is 0 Å². The topological polar surface area (TPSA) is 121 Å². The number of carbonyl (C=O) groups excluding carboxylic acids is 1. The zero-order chi connectivity index (χ0) is 23.4. The van der Waals surface area contributed by atoms with Gasteiger partial charge < -0.3 is 15.6 Å². The smallest absolute Gasteiger partial charge is 0.271 e. The summed E-state index contributed by atoms with van der Waals surface area (Å²) in [6, 6.07) is 13.4. The number of nitrogens with one attached hydrogen (secondary N) is 1. The SMILES string of the molecule is NC(=O)c1nnc2cc(-c3ccc(CS(=O)[O-])cc3)ccc2c1NC12CC3CC(CC(C3)C1)C2. The number of hydrogen-bond donors (Lipinski definition) is 2. The summed E-state index contributed by atoms with van der Waals surface area (Å²) in [6.07, 6.45) is 7.43.